The lowest BCUT2D eigenvalue weighted by molar-refractivity contribution is -0.297. The number of aromatic nitrogens is 2. The number of aryl methyl sites for hydroxylation is 1. The first-order valence-electron chi connectivity index (χ1n) is 10.4. The fraction of sp³-hybridized carbons (Fsp3) is 0.773. The first-order valence-corrected chi connectivity index (χ1v) is 10.4. The first kappa shape index (κ1) is 19.0. The summed E-state index contributed by atoms with van der Waals surface area (Å²) in [6.07, 6.45) is 9.58. The minimum Gasteiger partial charge on any atom is -0.490 e. The molecule has 5 nitrogen and oxygen atoms in total. The van der Waals surface area contributed by atoms with Crippen LogP contribution in [0.4, 0.5) is 0 Å². The minimum atomic E-state index is -0.0744. The number of fused-ring (bicyclic) bond motifs is 3. The molecule has 1 unspecified atom stereocenters. The molecule has 1 aromatic rings. The van der Waals surface area contributed by atoms with Gasteiger partial charge in [0.1, 0.15) is 0 Å². The zero-order valence-corrected chi connectivity index (χ0v) is 17.2. The second-order valence-electron chi connectivity index (χ2n) is 9.34. The fourth-order valence-electron chi connectivity index (χ4n) is 6.26. The third kappa shape index (κ3) is 3.23. The molecule has 2 saturated carbocycles. The Labute approximate surface area is 163 Å². The molecule has 0 spiro atoms. The number of allylic oxidation sites excluding steroid dienone is 1. The number of rotatable bonds is 4. The van der Waals surface area contributed by atoms with Gasteiger partial charge in [-0.2, -0.15) is 5.10 Å². The van der Waals surface area contributed by atoms with E-state index < -0.39 is 0 Å². The summed E-state index contributed by atoms with van der Waals surface area (Å²) in [5.41, 5.74) is 1.74. The quantitative estimate of drug-likeness (QED) is 0.736. The molecule has 5 heteroatoms. The van der Waals surface area contributed by atoms with Gasteiger partial charge in [0.05, 0.1) is 31.7 Å². The molecule has 0 N–H and O–H groups in total. The van der Waals surface area contributed by atoms with Crippen LogP contribution in [0.1, 0.15) is 52.9 Å². The monoisotopic (exact) mass is 374 g/mol. The van der Waals surface area contributed by atoms with Crippen LogP contribution in [0.25, 0.3) is 0 Å². The van der Waals surface area contributed by atoms with Crippen molar-refractivity contribution in [1.82, 2.24) is 9.78 Å². The van der Waals surface area contributed by atoms with Crippen LogP contribution in [0.2, 0.25) is 0 Å². The van der Waals surface area contributed by atoms with E-state index in [4.69, 9.17) is 14.2 Å². The lowest BCUT2D eigenvalue weighted by Gasteiger charge is -2.62. The number of nitrogens with zero attached hydrogens (tertiary/aromatic N) is 2. The summed E-state index contributed by atoms with van der Waals surface area (Å²) >= 11 is 0. The highest BCUT2D eigenvalue weighted by molar-refractivity contribution is 5.18. The smallest absolute Gasteiger partial charge is 0.157 e. The van der Waals surface area contributed by atoms with Gasteiger partial charge in [0.25, 0.3) is 0 Å². The lowest BCUT2D eigenvalue weighted by Crippen LogP contribution is -2.61. The van der Waals surface area contributed by atoms with Crippen LogP contribution in [-0.4, -0.2) is 35.4 Å². The van der Waals surface area contributed by atoms with Crippen LogP contribution in [-0.2, 0) is 16.5 Å². The van der Waals surface area contributed by atoms with Crippen molar-refractivity contribution in [3.63, 3.8) is 0 Å². The summed E-state index contributed by atoms with van der Waals surface area (Å²) in [5.74, 6) is 1.94. The zero-order valence-electron chi connectivity index (χ0n) is 17.2. The Morgan fingerprint density at radius 1 is 1.33 bits per heavy atom. The summed E-state index contributed by atoms with van der Waals surface area (Å²) in [7, 11) is 1.91. The second kappa shape index (κ2) is 6.93. The number of hydrogen-bond donors (Lipinski definition) is 0. The van der Waals surface area contributed by atoms with Gasteiger partial charge in [0.2, 0.25) is 0 Å². The van der Waals surface area contributed by atoms with Gasteiger partial charge >= 0.3 is 0 Å². The van der Waals surface area contributed by atoms with Gasteiger partial charge in [-0.25, -0.2) is 0 Å². The van der Waals surface area contributed by atoms with Gasteiger partial charge in [-0.05, 0) is 56.3 Å². The highest BCUT2D eigenvalue weighted by Crippen LogP contribution is 2.63. The maximum atomic E-state index is 6.21. The van der Waals surface area contributed by atoms with Crippen LogP contribution in [0, 0.1) is 22.7 Å². The molecule has 1 aliphatic heterocycles. The molecule has 0 radical (unpaired) electrons. The largest absolute Gasteiger partial charge is 0.490 e. The van der Waals surface area contributed by atoms with Crippen LogP contribution in [0.15, 0.2) is 24.5 Å². The highest BCUT2D eigenvalue weighted by Gasteiger charge is 2.59. The molecular weight excluding hydrogens is 340 g/mol. The molecule has 2 aliphatic carbocycles. The average Bonchev–Trinajstić information content (AvgIpc) is 3.03. The Morgan fingerprint density at radius 2 is 2.15 bits per heavy atom. The average molecular weight is 375 g/mol. The molecule has 3 aliphatic rings. The first-order chi connectivity index (χ1) is 12.8. The molecule has 1 aromatic heterocycles. The highest BCUT2D eigenvalue weighted by atomic mass is 16.7. The molecule has 1 saturated heterocycles. The van der Waals surface area contributed by atoms with Gasteiger partial charge in [-0.1, -0.05) is 26.0 Å². The molecule has 0 bridgehead atoms. The van der Waals surface area contributed by atoms with Gasteiger partial charge < -0.3 is 14.2 Å². The van der Waals surface area contributed by atoms with E-state index in [1.54, 1.807) is 10.9 Å². The summed E-state index contributed by atoms with van der Waals surface area (Å²) in [6.45, 7) is 12.9. The molecule has 27 heavy (non-hydrogen) atoms. The molecule has 0 aromatic carbocycles. The molecule has 3 fully saturated rings. The Kier molecular flexibility index (Phi) is 4.88. The van der Waals surface area contributed by atoms with E-state index >= 15 is 0 Å². The summed E-state index contributed by atoms with van der Waals surface area (Å²) in [6, 6.07) is 0. The Morgan fingerprint density at radius 3 is 2.89 bits per heavy atom. The third-order valence-electron chi connectivity index (χ3n) is 7.66. The van der Waals surface area contributed by atoms with Gasteiger partial charge in [-0.15, -0.1) is 0 Å². The topological polar surface area (TPSA) is 45.5 Å². The van der Waals surface area contributed by atoms with Gasteiger partial charge in [-0.3, -0.25) is 4.68 Å². The zero-order chi connectivity index (χ0) is 19.2. The SMILES string of the molecule is C=C1CCC2[C@]3(C)CO[C@@H](C)O[C@@H]3CC[C@@]2(C)[C@@H]1CCOc1cnn(C)c1. The van der Waals surface area contributed by atoms with E-state index in [-0.39, 0.29) is 17.1 Å². The van der Waals surface area contributed by atoms with Crippen molar-refractivity contribution < 1.29 is 14.2 Å². The minimum absolute atomic E-state index is 0.0744. The lowest BCUT2D eigenvalue weighted by atomic mass is 9.46. The van der Waals surface area contributed by atoms with Crippen LogP contribution >= 0.6 is 0 Å². The van der Waals surface area contributed by atoms with E-state index in [0.29, 0.717) is 24.5 Å². The molecular formula is C22H34N2O3. The predicted molar refractivity (Wildman–Crippen MR) is 104 cm³/mol. The van der Waals surface area contributed by atoms with E-state index in [0.717, 1.165) is 31.6 Å². The molecule has 4 rings (SSSR count). The fourth-order valence-corrected chi connectivity index (χ4v) is 6.26. The van der Waals surface area contributed by atoms with Crippen molar-refractivity contribution in [3.8, 4) is 5.75 Å². The van der Waals surface area contributed by atoms with Crippen LogP contribution in [0.3, 0.4) is 0 Å². The molecule has 150 valence electrons. The number of ether oxygens (including phenoxy) is 3. The van der Waals surface area contributed by atoms with E-state index in [1.165, 1.54) is 18.4 Å². The number of hydrogen-bond acceptors (Lipinski definition) is 4. The van der Waals surface area contributed by atoms with E-state index in [1.807, 2.05) is 20.2 Å². The van der Waals surface area contributed by atoms with Crippen molar-refractivity contribution in [2.75, 3.05) is 13.2 Å². The van der Waals surface area contributed by atoms with E-state index in [9.17, 15) is 0 Å². The maximum Gasteiger partial charge on any atom is 0.157 e. The standard InChI is InChI=1S/C22H34N2O3/c1-15-6-7-19-21(3,10-8-20-22(19,4)14-26-16(2)27-20)18(15)9-11-25-17-12-23-24(5)13-17/h12-13,16,18-20H,1,6-11,14H2,2-5H3/t16-,18-,19?,20-,21+,22+/m1/s1. The van der Waals surface area contributed by atoms with Crippen molar-refractivity contribution in [2.45, 2.75) is 65.3 Å². The van der Waals surface area contributed by atoms with Crippen LogP contribution < -0.4 is 4.74 Å². The van der Waals surface area contributed by atoms with Crippen LogP contribution in [0.5, 0.6) is 5.75 Å². The molecule has 6 atom stereocenters. The van der Waals surface area contributed by atoms with Crippen molar-refractivity contribution >= 4 is 0 Å². The molecule has 2 heterocycles. The Hall–Kier alpha value is -1.33. The molecule has 0 amide bonds. The summed E-state index contributed by atoms with van der Waals surface area (Å²) < 4.78 is 19.9. The second-order valence-corrected chi connectivity index (χ2v) is 9.34. The summed E-state index contributed by atoms with van der Waals surface area (Å²) in [5, 5.41) is 4.18. The van der Waals surface area contributed by atoms with Gasteiger partial charge in [0, 0.05) is 12.5 Å². The normalized spacial score (nSPS) is 41.7. The Bertz CT molecular complexity index is 701. The summed E-state index contributed by atoms with van der Waals surface area (Å²) in [4.78, 5) is 0. The van der Waals surface area contributed by atoms with Gasteiger partial charge in [0.15, 0.2) is 12.0 Å². The maximum absolute atomic E-state index is 6.21. The third-order valence-corrected chi connectivity index (χ3v) is 7.66. The predicted octanol–water partition coefficient (Wildman–Crippen LogP) is 4.34. The Balaban J connectivity index is 1.49. The van der Waals surface area contributed by atoms with Crippen molar-refractivity contribution in [2.24, 2.45) is 29.7 Å². The van der Waals surface area contributed by atoms with Crippen molar-refractivity contribution in [1.29, 1.82) is 0 Å². The van der Waals surface area contributed by atoms with Crippen molar-refractivity contribution in [3.05, 3.63) is 24.5 Å². The van der Waals surface area contributed by atoms with E-state index in [2.05, 4.69) is 25.5 Å².